The zero-order valence-corrected chi connectivity index (χ0v) is 13.1. The second-order valence-corrected chi connectivity index (χ2v) is 5.64. The number of carbonyl (C=O) groups excluding carboxylic acids is 1. The predicted octanol–water partition coefficient (Wildman–Crippen LogP) is 1.50. The standard InChI is InChI=1S/C17H21N5O/c23-17(20-13-16-2-1-5-19-12-16)22-10-8-21(9-11-22)14-15-3-6-18-7-4-15/h1-7,12H,8-11,13-14H2,(H,20,23). The van der Waals surface area contributed by atoms with Gasteiger partial charge in [-0.05, 0) is 29.3 Å². The van der Waals surface area contributed by atoms with Crippen molar-refractivity contribution in [3.63, 3.8) is 0 Å². The van der Waals surface area contributed by atoms with Crippen molar-refractivity contribution in [2.45, 2.75) is 13.1 Å². The molecule has 0 aliphatic carbocycles. The van der Waals surface area contributed by atoms with E-state index in [4.69, 9.17) is 0 Å². The van der Waals surface area contributed by atoms with Gasteiger partial charge in [-0.3, -0.25) is 14.9 Å². The Morgan fingerprint density at radius 3 is 2.48 bits per heavy atom. The van der Waals surface area contributed by atoms with Crippen LogP contribution in [0.2, 0.25) is 0 Å². The molecule has 1 aliphatic rings. The molecule has 0 spiro atoms. The van der Waals surface area contributed by atoms with Gasteiger partial charge in [-0.1, -0.05) is 6.07 Å². The lowest BCUT2D eigenvalue weighted by Crippen LogP contribution is -2.51. The Balaban J connectivity index is 1.42. The molecule has 0 saturated carbocycles. The molecule has 1 saturated heterocycles. The highest BCUT2D eigenvalue weighted by Gasteiger charge is 2.20. The van der Waals surface area contributed by atoms with E-state index in [0.717, 1.165) is 38.3 Å². The van der Waals surface area contributed by atoms with E-state index in [-0.39, 0.29) is 6.03 Å². The first-order chi connectivity index (χ1) is 11.3. The first-order valence-corrected chi connectivity index (χ1v) is 7.84. The van der Waals surface area contributed by atoms with Crippen molar-refractivity contribution in [2.75, 3.05) is 26.2 Å². The molecule has 1 fully saturated rings. The van der Waals surface area contributed by atoms with E-state index in [1.54, 1.807) is 12.4 Å². The molecule has 0 bridgehead atoms. The Kier molecular flexibility index (Phi) is 5.16. The van der Waals surface area contributed by atoms with E-state index in [1.807, 2.05) is 41.6 Å². The molecule has 0 aromatic carbocycles. The number of hydrogen-bond donors (Lipinski definition) is 1. The van der Waals surface area contributed by atoms with Crippen LogP contribution in [0.5, 0.6) is 0 Å². The van der Waals surface area contributed by atoms with E-state index in [9.17, 15) is 4.79 Å². The highest BCUT2D eigenvalue weighted by molar-refractivity contribution is 5.74. The molecule has 2 amide bonds. The number of nitrogens with zero attached hydrogens (tertiary/aromatic N) is 4. The fourth-order valence-corrected chi connectivity index (χ4v) is 2.65. The van der Waals surface area contributed by atoms with Gasteiger partial charge >= 0.3 is 6.03 Å². The van der Waals surface area contributed by atoms with Gasteiger partial charge in [-0.2, -0.15) is 0 Å². The zero-order valence-electron chi connectivity index (χ0n) is 13.1. The molecule has 1 N–H and O–H groups in total. The summed E-state index contributed by atoms with van der Waals surface area (Å²) in [6.45, 7) is 4.72. The predicted molar refractivity (Wildman–Crippen MR) is 87.6 cm³/mol. The minimum atomic E-state index is -0.00239. The molecule has 0 radical (unpaired) electrons. The number of rotatable bonds is 4. The van der Waals surface area contributed by atoms with Crippen LogP contribution in [0, 0.1) is 0 Å². The molecule has 1 aliphatic heterocycles. The summed E-state index contributed by atoms with van der Waals surface area (Å²) in [5.74, 6) is 0. The third-order valence-corrected chi connectivity index (χ3v) is 3.98. The number of aromatic nitrogens is 2. The quantitative estimate of drug-likeness (QED) is 0.929. The average molecular weight is 311 g/mol. The second-order valence-electron chi connectivity index (χ2n) is 5.64. The smallest absolute Gasteiger partial charge is 0.317 e. The van der Waals surface area contributed by atoms with Gasteiger partial charge in [0.2, 0.25) is 0 Å². The summed E-state index contributed by atoms with van der Waals surface area (Å²) < 4.78 is 0. The lowest BCUT2D eigenvalue weighted by atomic mass is 10.2. The fraction of sp³-hybridized carbons (Fsp3) is 0.353. The van der Waals surface area contributed by atoms with Crippen LogP contribution >= 0.6 is 0 Å². The Hall–Kier alpha value is -2.47. The topological polar surface area (TPSA) is 61.4 Å². The Morgan fingerprint density at radius 2 is 1.78 bits per heavy atom. The third-order valence-electron chi connectivity index (χ3n) is 3.98. The van der Waals surface area contributed by atoms with E-state index in [1.165, 1.54) is 5.56 Å². The Morgan fingerprint density at radius 1 is 1.00 bits per heavy atom. The van der Waals surface area contributed by atoms with Crippen LogP contribution in [0.3, 0.4) is 0 Å². The van der Waals surface area contributed by atoms with Crippen LogP contribution < -0.4 is 5.32 Å². The van der Waals surface area contributed by atoms with Crippen molar-refractivity contribution in [2.24, 2.45) is 0 Å². The Bertz CT molecular complexity index is 611. The molecular formula is C17H21N5O. The largest absolute Gasteiger partial charge is 0.334 e. The van der Waals surface area contributed by atoms with Gasteiger partial charge in [-0.15, -0.1) is 0 Å². The van der Waals surface area contributed by atoms with Crippen LogP contribution in [0.1, 0.15) is 11.1 Å². The fourth-order valence-electron chi connectivity index (χ4n) is 2.65. The van der Waals surface area contributed by atoms with Gasteiger partial charge in [0.25, 0.3) is 0 Å². The lowest BCUT2D eigenvalue weighted by Gasteiger charge is -2.34. The van der Waals surface area contributed by atoms with E-state index >= 15 is 0 Å². The number of nitrogens with one attached hydrogen (secondary N) is 1. The van der Waals surface area contributed by atoms with Crippen molar-refractivity contribution in [3.05, 3.63) is 60.2 Å². The van der Waals surface area contributed by atoms with Crippen molar-refractivity contribution in [1.29, 1.82) is 0 Å². The maximum Gasteiger partial charge on any atom is 0.317 e. The molecule has 2 aromatic rings. The molecule has 6 nitrogen and oxygen atoms in total. The van der Waals surface area contributed by atoms with E-state index in [0.29, 0.717) is 6.54 Å². The first kappa shape index (κ1) is 15.4. The van der Waals surface area contributed by atoms with Crippen molar-refractivity contribution < 1.29 is 4.79 Å². The van der Waals surface area contributed by atoms with Gasteiger partial charge in [0.15, 0.2) is 0 Å². The number of amides is 2. The number of piperazine rings is 1. The summed E-state index contributed by atoms with van der Waals surface area (Å²) in [6, 6.07) is 7.90. The molecule has 0 atom stereocenters. The molecule has 2 aromatic heterocycles. The third kappa shape index (κ3) is 4.50. The average Bonchev–Trinajstić information content (AvgIpc) is 2.62. The van der Waals surface area contributed by atoms with Crippen molar-refractivity contribution in [3.8, 4) is 0 Å². The van der Waals surface area contributed by atoms with Gasteiger partial charge in [0.1, 0.15) is 0 Å². The molecule has 6 heteroatoms. The normalized spacial score (nSPS) is 15.4. The molecule has 23 heavy (non-hydrogen) atoms. The summed E-state index contributed by atoms with van der Waals surface area (Å²) >= 11 is 0. The van der Waals surface area contributed by atoms with Gasteiger partial charge in [-0.25, -0.2) is 4.79 Å². The van der Waals surface area contributed by atoms with Crippen LogP contribution in [-0.2, 0) is 13.1 Å². The van der Waals surface area contributed by atoms with Crippen LogP contribution in [0.15, 0.2) is 49.1 Å². The lowest BCUT2D eigenvalue weighted by molar-refractivity contribution is 0.135. The summed E-state index contributed by atoms with van der Waals surface area (Å²) in [7, 11) is 0. The van der Waals surface area contributed by atoms with Gasteiger partial charge in [0.05, 0.1) is 0 Å². The Labute approximate surface area is 136 Å². The minimum absolute atomic E-state index is 0.00239. The SMILES string of the molecule is O=C(NCc1cccnc1)N1CCN(Cc2ccncc2)CC1. The van der Waals surface area contributed by atoms with Crippen LogP contribution in [0.25, 0.3) is 0 Å². The second kappa shape index (κ2) is 7.69. The molecule has 3 rings (SSSR count). The number of pyridine rings is 2. The maximum absolute atomic E-state index is 12.2. The summed E-state index contributed by atoms with van der Waals surface area (Å²) in [5, 5.41) is 2.95. The minimum Gasteiger partial charge on any atom is -0.334 e. The molecule has 120 valence electrons. The maximum atomic E-state index is 12.2. The van der Waals surface area contributed by atoms with E-state index in [2.05, 4.69) is 20.2 Å². The first-order valence-electron chi connectivity index (χ1n) is 7.84. The van der Waals surface area contributed by atoms with Crippen LogP contribution in [0.4, 0.5) is 4.79 Å². The summed E-state index contributed by atoms with van der Waals surface area (Å²) in [5.41, 5.74) is 2.27. The van der Waals surface area contributed by atoms with Crippen molar-refractivity contribution in [1.82, 2.24) is 25.1 Å². The van der Waals surface area contributed by atoms with Gasteiger partial charge < -0.3 is 10.2 Å². The zero-order chi connectivity index (χ0) is 15.9. The summed E-state index contributed by atoms with van der Waals surface area (Å²) in [4.78, 5) is 24.5. The highest BCUT2D eigenvalue weighted by Crippen LogP contribution is 2.08. The number of carbonyl (C=O) groups is 1. The number of urea groups is 1. The van der Waals surface area contributed by atoms with Crippen LogP contribution in [-0.4, -0.2) is 52.0 Å². The molecule has 0 unspecified atom stereocenters. The van der Waals surface area contributed by atoms with E-state index < -0.39 is 0 Å². The summed E-state index contributed by atoms with van der Waals surface area (Å²) in [6.07, 6.45) is 7.13. The monoisotopic (exact) mass is 311 g/mol. The highest BCUT2D eigenvalue weighted by atomic mass is 16.2. The van der Waals surface area contributed by atoms with Crippen molar-refractivity contribution >= 4 is 6.03 Å². The number of hydrogen-bond acceptors (Lipinski definition) is 4. The molecular weight excluding hydrogens is 290 g/mol. The van der Waals surface area contributed by atoms with Gasteiger partial charge in [0, 0.05) is 64.1 Å². The molecule has 3 heterocycles.